The lowest BCUT2D eigenvalue weighted by Crippen LogP contribution is -2.24. The van der Waals surface area contributed by atoms with Gasteiger partial charge >= 0.3 is 5.97 Å². The summed E-state index contributed by atoms with van der Waals surface area (Å²) >= 11 is 0. The Balaban J connectivity index is 1.92. The van der Waals surface area contributed by atoms with Crippen LogP contribution in [0.25, 0.3) is 0 Å². The molecule has 1 aliphatic heterocycles. The summed E-state index contributed by atoms with van der Waals surface area (Å²) in [5.41, 5.74) is 0. The zero-order valence-electron chi connectivity index (χ0n) is 10.1. The number of esters is 1. The van der Waals surface area contributed by atoms with E-state index in [2.05, 4.69) is 12.0 Å². The third-order valence-electron chi connectivity index (χ3n) is 3.16. The number of hydrogen-bond donors (Lipinski definition) is 0. The van der Waals surface area contributed by atoms with Crippen molar-refractivity contribution < 1.29 is 9.53 Å². The lowest BCUT2D eigenvalue weighted by atomic mass is 9.91. The molecule has 0 bridgehead atoms. The average molecular weight is 234 g/mol. The smallest absolute Gasteiger partial charge is 0.313 e. The number of ether oxygens (including phenoxy) is 1. The highest BCUT2D eigenvalue weighted by Crippen LogP contribution is 2.21. The van der Waals surface area contributed by atoms with E-state index >= 15 is 0 Å². The highest BCUT2D eigenvalue weighted by atomic mass is 16.5. The first-order valence-electron chi connectivity index (χ1n) is 6.10. The Morgan fingerprint density at radius 1 is 1.65 bits per heavy atom. The van der Waals surface area contributed by atoms with Crippen LogP contribution in [0.2, 0.25) is 0 Å². The maximum Gasteiger partial charge on any atom is 0.313 e. The molecule has 0 N–H and O–H groups in total. The van der Waals surface area contributed by atoms with E-state index in [-0.39, 0.29) is 11.9 Å². The first-order chi connectivity index (χ1) is 8.29. The van der Waals surface area contributed by atoms with Crippen molar-refractivity contribution in [2.24, 2.45) is 11.8 Å². The van der Waals surface area contributed by atoms with Gasteiger partial charge in [0.25, 0.3) is 0 Å². The maximum atomic E-state index is 11.6. The largest absolute Gasteiger partial charge is 0.461 e. The van der Waals surface area contributed by atoms with Crippen LogP contribution in [0.15, 0.2) is 30.6 Å². The van der Waals surface area contributed by atoms with E-state index in [9.17, 15) is 4.79 Å². The van der Waals surface area contributed by atoms with Crippen LogP contribution in [-0.4, -0.2) is 22.4 Å². The molecule has 4 nitrogen and oxygen atoms in total. The van der Waals surface area contributed by atoms with Crippen molar-refractivity contribution in [3.63, 3.8) is 0 Å². The summed E-state index contributed by atoms with van der Waals surface area (Å²) in [7, 11) is 0. The van der Waals surface area contributed by atoms with E-state index in [1.807, 2.05) is 29.1 Å². The van der Waals surface area contributed by atoms with Gasteiger partial charge in [0.1, 0.15) is 6.61 Å². The van der Waals surface area contributed by atoms with Crippen molar-refractivity contribution in [1.29, 1.82) is 0 Å². The van der Waals surface area contributed by atoms with E-state index in [1.54, 1.807) is 6.20 Å². The SMILES string of the molecule is CCC(CC1C=CCOC1=O)Cn1cccn1. The van der Waals surface area contributed by atoms with Crippen LogP contribution >= 0.6 is 0 Å². The fraction of sp³-hybridized carbons (Fsp3) is 0.538. The molecular formula is C13H18N2O2. The predicted molar refractivity (Wildman–Crippen MR) is 64.2 cm³/mol. The number of aromatic nitrogens is 2. The molecule has 0 radical (unpaired) electrons. The monoisotopic (exact) mass is 234 g/mol. The van der Waals surface area contributed by atoms with E-state index in [0.29, 0.717) is 12.5 Å². The van der Waals surface area contributed by atoms with Crippen LogP contribution in [0.3, 0.4) is 0 Å². The Morgan fingerprint density at radius 2 is 2.53 bits per heavy atom. The van der Waals surface area contributed by atoms with Gasteiger partial charge in [-0.15, -0.1) is 0 Å². The Hall–Kier alpha value is -1.58. The van der Waals surface area contributed by atoms with Crippen LogP contribution < -0.4 is 0 Å². The number of carbonyl (C=O) groups is 1. The third-order valence-corrected chi connectivity index (χ3v) is 3.16. The summed E-state index contributed by atoms with van der Waals surface area (Å²) in [6.07, 6.45) is 9.51. The van der Waals surface area contributed by atoms with E-state index in [4.69, 9.17) is 4.74 Å². The number of rotatable bonds is 5. The molecule has 1 aromatic heterocycles. The highest BCUT2D eigenvalue weighted by molar-refractivity contribution is 5.75. The summed E-state index contributed by atoms with van der Waals surface area (Å²) < 4.78 is 6.95. The molecule has 17 heavy (non-hydrogen) atoms. The highest BCUT2D eigenvalue weighted by Gasteiger charge is 2.23. The van der Waals surface area contributed by atoms with Gasteiger partial charge in [0.15, 0.2) is 0 Å². The molecular weight excluding hydrogens is 216 g/mol. The molecule has 0 aliphatic carbocycles. The zero-order valence-corrected chi connectivity index (χ0v) is 10.1. The van der Waals surface area contributed by atoms with Gasteiger partial charge in [0, 0.05) is 18.9 Å². The molecule has 1 aliphatic rings. The summed E-state index contributed by atoms with van der Waals surface area (Å²) in [5.74, 6) is 0.283. The maximum absolute atomic E-state index is 11.6. The quantitative estimate of drug-likeness (QED) is 0.578. The minimum Gasteiger partial charge on any atom is -0.461 e. The van der Waals surface area contributed by atoms with E-state index in [0.717, 1.165) is 19.4 Å². The lowest BCUT2D eigenvalue weighted by Gasteiger charge is -2.21. The summed E-state index contributed by atoms with van der Waals surface area (Å²) in [6.45, 7) is 3.43. The van der Waals surface area contributed by atoms with Gasteiger partial charge in [-0.05, 0) is 18.4 Å². The van der Waals surface area contributed by atoms with Crippen LogP contribution in [0.5, 0.6) is 0 Å². The molecule has 2 atom stereocenters. The lowest BCUT2D eigenvalue weighted by molar-refractivity contribution is -0.147. The minimum absolute atomic E-state index is 0.0794. The van der Waals surface area contributed by atoms with Gasteiger partial charge < -0.3 is 4.74 Å². The average Bonchev–Trinajstić information content (AvgIpc) is 2.84. The minimum atomic E-state index is -0.0913. The number of nitrogens with zero attached hydrogens (tertiary/aromatic N) is 2. The van der Waals surface area contributed by atoms with Crippen molar-refractivity contribution in [1.82, 2.24) is 9.78 Å². The molecule has 2 rings (SSSR count). The summed E-state index contributed by atoms with van der Waals surface area (Å²) in [6, 6.07) is 1.92. The molecule has 0 spiro atoms. The second-order valence-electron chi connectivity index (χ2n) is 4.40. The topological polar surface area (TPSA) is 44.1 Å². The van der Waals surface area contributed by atoms with E-state index in [1.165, 1.54) is 0 Å². The van der Waals surface area contributed by atoms with Crippen molar-refractivity contribution in [2.45, 2.75) is 26.3 Å². The van der Waals surface area contributed by atoms with Gasteiger partial charge in [-0.25, -0.2) is 0 Å². The molecule has 0 saturated carbocycles. The third kappa shape index (κ3) is 3.19. The Kier molecular flexibility index (Phi) is 3.96. The van der Waals surface area contributed by atoms with Crippen molar-refractivity contribution in [3.05, 3.63) is 30.6 Å². The molecule has 0 fully saturated rings. The second kappa shape index (κ2) is 5.66. The molecule has 4 heteroatoms. The fourth-order valence-corrected chi connectivity index (χ4v) is 2.11. The van der Waals surface area contributed by atoms with Crippen LogP contribution in [-0.2, 0) is 16.1 Å². The van der Waals surface area contributed by atoms with Gasteiger partial charge in [0.2, 0.25) is 0 Å². The summed E-state index contributed by atoms with van der Waals surface area (Å²) in [4.78, 5) is 11.6. The van der Waals surface area contributed by atoms with Crippen molar-refractivity contribution >= 4 is 5.97 Å². The number of hydrogen-bond acceptors (Lipinski definition) is 3. The first-order valence-corrected chi connectivity index (χ1v) is 6.10. The van der Waals surface area contributed by atoms with Crippen LogP contribution in [0, 0.1) is 11.8 Å². The molecule has 1 aromatic rings. The van der Waals surface area contributed by atoms with Gasteiger partial charge in [-0.1, -0.05) is 25.5 Å². The molecule has 0 amide bonds. The van der Waals surface area contributed by atoms with Crippen molar-refractivity contribution in [2.75, 3.05) is 6.61 Å². The predicted octanol–water partition coefficient (Wildman–Crippen LogP) is 2.03. The number of cyclic esters (lactones) is 1. The summed E-state index contributed by atoms with van der Waals surface area (Å²) in [5, 5.41) is 4.20. The molecule has 2 unspecified atom stereocenters. The molecule has 0 saturated heterocycles. The first kappa shape index (κ1) is 11.9. The van der Waals surface area contributed by atoms with Crippen LogP contribution in [0.1, 0.15) is 19.8 Å². The van der Waals surface area contributed by atoms with Gasteiger partial charge in [-0.3, -0.25) is 9.48 Å². The van der Waals surface area contributed by atoms with E-state index < -0.39 is 0 Å². The van der Waals surface area contributed by atoms with Gasteiger partial charge in [-0.2, -0.15) is 5.10 Å². The number of carbonyl (C=O) groups excluding carboxylic acids is 1. The normalized spacial score (nSPS) is 21.2. The molecule has 2 heterocycles. The standard InChI is InChI=1S/C13H18N2O2/c1-2-11(10-15-7-4-6-14-15)9-12-5-3-8-17-13(12)16/h3-7,11-12H,2,8-10H2,1H3. The zero-order chi connectivity index (χ0) is 12.1. The van der Waals surface area contributed by atoms with Gasteiger partial charge in [0.05, 0.1) is 5.92 Å². The fourth-order valence-electron chi connectivity index (χ4n) is 2.11. The second-order valence-corrected chi connectivity index (χ2v) is 4.40. The molecule has 0 aromatic carbocycles. The van der Waals surface area contributed by atoms with Crippen LogP contribution in [0.4, 0.5) is 0 Å². The molecule has 92 valence electrons. The Labute approximate surface area is 101 Å². The van der Waals surface area contributed by atoms with Crippen molar-refractivity contribution in [3.8, 4) is 0 Å². The Morgan fingerprint density at radius 3 is 3.18 bits per heavy atom. The Bertz CT molecular complexity index is 384.